The van der Waals surface area contributed by atoms with Gasteiger partial charge in [-0.2, -0.15) is 4.99 Å². The number of methoxy groups -OCH3 is 2. The van der Waals surface area contributed by atoms with E-state index in [1.165, 1.54) is 11.3 Å². The van der Waals surface area contributed by atoms with E-state index < -0.39 is 5.91 Å². The molecule has 0 fully saturated rings. The Morgan fingerprint density at radius 2 is 1.83 bits per heavy atom. The van der Waals surface area contributed by atoms with Gasteiger partial charge in [-0.25, -0.2) is 0 Å². The summed E-state index contributed by atoms with van der Waals surface area (Å²) in [5.41, 5.74) is 1.18. The summed E-state index contributed by atoms with van der Waals surface area (Å²) in [4.78, 5) is 18.1. The molecule has 0 aliphatic rings. The molecule has 0 saturated carbocycles. The summed E-state index contributed by atoms with van der Waals surface area (Å²) in [6, 6.07) is 14.9. The number of rotatable bonds is 5. The van der Waals surface area contributed by atoms with E-state index in [4.69, 9.17) is 32.7 Å². The molecular weight excluding hydrogens is 443 g/mol. The summed E-state index contributed by atoms with van der Waals surface area (Å²) in [6.45, 7) is 0.949. The van der Waals surface area contributed by atoms with Crippen LogP contribution in [0.15, 0.2) is 53.5 Å². The third kappa shape index (κ3) is 3.96. The van der Waals surface area contributed by atoms with Crippen LogP contribution in [0.25, 0.3) is 21.0 Å². The Morgan fingerprint density at radius 1 is 1.10 bits per heavy atom. The van der Waals surface area contributed by atoms with Crippen LogP contribution in [0.4, 0.5) is 0 Å². The first-order valence-corrected chi connectivity index (χ1v) is 10.7. The minimum Gasteiger partial charge on any atom is -0.496 e. The van der Waals surface area contributed by atoms with Crippen molar-refractivity contribution in [2.24, 2.45) is 4.99 Å². The van der Waals surface area contributed by atoms with E-state index in [2.05, 4.69) is 4.99 Å². The molecule has 4 rings (SSSR count). The number of benzene rings is 3. The zero-order valence-corrected chi connectivity index (χ0v) is 18.6. The number of nitrogens with zero attached hydrogens (tertiary/aromatic N) is 2. The third-order valence-electron chi connectivity index (χ3n) is 4.71. The second kappa shape index (κ2) is 8.78. The predicted molar refractivity (Wildman–Crippen MR) is 122 cm³/mol. The molecule has 0 unspecified atom stereocenters. The Labute approximate surface area is 187 Å². The summed E-state index contributed by atoms with van der Waals surface area (Å²) in [6.07, 6.45) is 0. The number of aromatic nitrogens is 1. The maximum absolute atomic E-state index is 13.1. The second-order valence-electron chi connectivity index (χ2n) is 6.58. The Hall–Kier alpha value is -2.38. The smallest absolute Gasteiger partial charge is 0.283 e. The van der Waals surface area contributed by atoms with Gasteiger partial charge in [0, 0.05) is 18.7 Å². The van der Waals surface area contributed by atoms with Crippen LogP contribution in [-0.2, 0) is 11.3 Å². The zero-order valence-electron chi connectivity index (χ0n) is 16.3. The number of amides is 1. The summed E-state index contributed by atoms with van der Waals surface area (Å²) in [7, 11) is 3.16. The average Bonchev–Trinajstić information content (AvgIpc) is 3.07. The van der Waals surface area contributed by atoms with Crippen LogP contribution >= 0.6 is 34.5 Å². The molecular formula is C22H18Cl2N2O3S. The molecule has 0 aliphatic heterocycles. The molecule has 154 valence electrons. The van der Waals surface area contributed by atoms with E-state index in [9.17, 15) is 4.79 Å². The summed E-state index contributed by atoms with van der Waals surface area (Å²) >= 11 is 14.0. The molecule has 8 heteroatoms. The summed E-state index contributed by atoms with van der Waals surface area (Å²) in [5.74, 6) is 0.0885. The summed E-state index contributed by atoms with van der Waals surface area (Å²) < 4.78 is 13.4. The van der Waals surface area contributed by atoms with E-state index >= 15 is 0 Å². The molecule has 0 radical (unpaired) electrons. The molecule has 0 aliphatic carbocycles. The van der Waals surface area contributed by atoms with Gasteiger partial charge < -0.3 is 14.0 Å². The molecule has 1 amide bonds. The molecule has 3 aromatic carbocycles. The van der Waals surface area contributed by atoms with Gasteiger partial charge in [-0.3, -0.25) is 4.79 Å². The minimum absolute atomic E-state index is 0.391. The SMILES string of the molecule is COCCn1c(=NC(=O)c2cc3ccccc3cc2OC)sc2cc(Cl)cc(Cl)c21. The van der Waals surface area contributed by atoms with Crippen LogP contribution in [-0.4, -0.2) is 31.3 Å². The van der Waals surface area contributed by atoms with Crippen molar-refractivity contribution in [2.45, 2.75) is 6.54 Å². The first-order valence-electron chi connectivity index (χ1n) is 9.15. The maximum Gasteiger partial charge on any atom is 0.283 e. The van der Waals surface area contributed by atoms with Crippen molar-refractivity contribution >= 4 is 61.4 Å². The first-order chi connectivity index (χ1) is 14.5. The van der Waals surface area contributed by atoms with E-state index in [0.29, 0.717) is 39.3 Å². The Kier molecular flexibility index (Phi) is 6.11. The lowest BCUT2D eigenvalue weighted by molar-refractivity contribution is 0.0994. The van der Waals surface area contributed by atoms with Crippen molar-refractivity contribution in [1.82, 2.24) is 4.57 Å². The number of hydrogen-bond acceptors (Lipinski definition) is 4. The Balaban J connectivity index is 1.89. The standard InChI is InChI=1S/C22H18Cl2N2O3S/c1-28-8-7-26-20-17(24)11-15(23)12-19(20)30-22(26)25-21(27)16-9-13-5-3-4-6-14(13)10-18(16)29-2/h3-6,9-12H,7-8H2,1-2H3. The van der Waals surface area contributed by atoms with Crippen molar-refractivity contribution in [1.29, 1.82) is 0 Å². The third-order valence-corrected chi connectivity index (χ3v) is 6.24. The molecule has 0 spiro atoms. The molecule has 0 N–H and O–H groups in total. The second-order valence-corrected chi connectivity index (χ2v) is 8.43. The monoisotopic (exact) mass is 460 g/mol. The fraction of sp³-hybridized carbons (Fsp3) is 0.182. The number of halogens is 2. The largest absolute Gasteiger partial charge is 0.496 e. The van der Waals surface area contributed by atoms with Gasteiger partial charge in [0.25, 0.3) is 5.91 Å². The Bertz CT molecular complexity index is 1330. The summed E-state index contributed by atoms with van der Waals surface area (Å²) in [5, 5.41) is 2.96. The van der Waals surface area contributed by atoms with Crippen LogP contribution < -0.4 is 9.54 Å². The molecule has 30 heavy (non-hydrogen) atoms. The Morgan fingerprint density at radius 3 is 2.53 bits per heavy atom. The zero-order chi connectivity index (χ0) is 21.3. The fourth-order valence-electron chi connectivity index (χ4n) is 3.31. The van der Waals surface area contributed by atoms with Crippen molar-refractivity contribution in [3.8, 4) is 5.75 Å². The van der Waals surface area contributed by atoms with Crippen molar-refractivity contribution in [3.63, 3.8) is 0 Å². The minimum atomic E-state index is -0.391. The van der Waals surface area contributed by atoms with Gasteiger partial charge in [0.05, 0.1) is 34.5 Å². The van der Waals surface area contributed by atoms with Gasteiger partial charge in [0.2, 0.25) is 0 Å². The van der Waals surface area contributed by atoms with Crippen LogP contribution in [0, 0.1) is 0 Å². The van der Waals surface area contributed by atoms with Gasteiger partial charge in [0.15, 0.2) is 4.80 Å². The van der Waals surface area contributed by atoms with Crippen molar-refractivity contribution in [2.75, 3.05) is 20.8 Å². The maximum atomic E-state index is 13.1. The van der Waals surface area contributed by atoms with Crippen LogP contribution in [0.3, 0.4) is 0 Å². The fourth-order valence-corrected chi connectivity index (χ4v) is 5.14. The van der Waals surface area contributed by atoms with E-state index in [0.717, 1.165) is 21.0 Å². The predicted octanol–water partition coefficient (Wildman–Crippen LogP) is 5.56. The van der Waals surface area contributed by atoms with Gasteiger partial charge >= 0.3 is 0 Å². The van der Waals surface area contributed by atoms with E-state index in [1.54, 1.807) is 26.4 Å². The molecule has 5 nitrogen and oxygen atoms in total. The molecule has 0 atom stereocenters. The van der Waals surface area contributed by atoms with Crippen LogP contribution in [0.5, 0.6) is 5.75 Å². The van der Waals surface area contributed by atoms with Crippen LogP contribution in [0.1, 0.15) is 10.4 Å². The van der Waals surface area contributed by atoms with Crippen molar-refractivity contribution in [3.05, 3.63) is 68.9 Å². The number of carbonyl (C=O) groups excluding carboxylic acids is 1. The molecule has 0 bridgehead atoms. The highest BCUT2D eigenvalue weighted by molar-refractivity contribution is 7.16. The molecule has 1 aromatic heterocycles. The number of fused-ring (bicyclic) bond motifs is 2. The quantitative estimate of drug-likeness (QED) is 0.391. The first kappa shape index (κ1) is 20.9. The van der Waals surface area contributed by atoms with Gasteiger partial charge in [0.1, 0.15) is 5.75 Å². The van der Waals surface area contributed by atoms with Gasteiger partial charge in [-0.1, -0.05) is 58.8 Å². The number of ether oxygens (including phenoxy) is 2. The highest BCUT2D eigenvalue weighted by Crippen LogP contribution is 2.30. The van der Waals surface area contributed by atoms with E-state index in [-0.39, 0.29) is 0 Å². The lowest BCUT2D eigenvalue weighted by Crippen LogP contribution is -2.19. The highest BCUT2D eigenvalue weighted by Gasteiger charge is 2.16. The lowest BCUT2D eigenvalue weighted by atomic mass is 10.1. The van der Waals surface area contributed by atoms with Gasteiger partial charge in [-0.05, 0) is 35.0 Å². The van der Waals surface area contributed by atoms with Crippen molar-refractivity contribution < 1.29 is 14.3 Å². The number of hydrogen-bond donors (Lipinski definition) is 0. The lowest BCUT2D eigenvalue weighted by Gasteiger charge is -2.08. The molecule has 0 saturated heterocycles. The topological polar surface area (TPSA) is 52.8 Å². The highest BCUT2D eigenvalue weighted by atomic mass is 35.5. The molecule has 1 heterocycles. The molecule has 4 aromatic rings. The van der Waals surface area contributed by atoms with E-state index in [1.807, 2.05) is 41.0 Å². The normalized spacial score (nSPS) is 12.1. The number of thiazole rings is 1. The average molecular weight is 461 g/mol. The number of carbonyl (C=O) groups is 1. The van der Waals surface area contributed by atoms with Crippen LogP contribution in [0.2, 0.25) is 10.0 Å². The van der Waals surface area contributed by atoms with Gasteiger partial charge in [-0.15, -0.1) is 0 Å².